The van der Waals surface area contributed by atoms with Crippen LogP contribution in [0, 0.1) is 6.92 Å². The topological polar surface area (TPSA) is 54.5 Å². The van der Waals surface area contributed by atoms with E-state index in [-0.39, 0.29) is 0 Å². The number of aromatic nitrogens is 4. The predicted molar refractivity (Wildman–Crippen MR) is 70.7 cm³/mol. The minimum Gasteiger partial charge on any atom is -0.329 e. The first-order chi connectivity index (χ1) is 8.70. The van der Waals surface area contributed by atoms with E-state index in [1.807, 2.05) is 25.1 Å². The van der Waals surface area contributed by atoms with Gasteiger partial charge in [0.15, 0.2) is 0 Å². The van der Waals surface area contributed by atoms with E-state index in [0.717, 1.165) is 34.5 Å². The van der Waals surface area contributed by atoms with Crippen LogP contribution in [0.3, 0.4) is 0 Å². The summed E-state index contributed by atoms with van der Waals surface area (Å²) in [5.74, 6) is 1.69. The van der Waals surface area contributed by atoms with Gasteiger partial charge in [-0.2, -0.15) is 0 Å². The molecular weight excluding hydrogens is 248 g/mol. The minimum absolute atomic E-state index is 0.648. The van der Waals surface area contributed by atoms with Gasteiger partial charge in [-0.1, -0.05) is 17.7 Å². The Hall–Kier alpha value is -1.94. The zero-order chi connectivity index (χ0) is 12.5. The van der Waals surface area contributed by atoms with Crippen molar-refractivity contribution in [3.05, 3.63) is 52.7 Å². The van der Waals surface area contributed by atoms with Crippen molar-refractivity contribution in [2.24, 2.45) is 0 Å². The first kappa shape index (κ1) is 11.2. The smallest absolute Gasteiger partial charge is 0.134 e. The molecule has 0 fully saturated rings. The minimum atomic E-state index is 0.648. The SMILES string of the molecule is Cc1nnc(Cc2ccc3ncc(Cl)cc3c2)[nH]1. The fourth-order valence-electron chi connectivity index (χ4n) is 1.93. The number of benzene rings is 1. The van der Waals surface area contributed by atoms with Gasteiger partial charge in [0.25, 0.3) is 0 Å². The van der Waals surface area contributed by atoms with Gasteiger partial charge < -0.3 is 4.98 Å². The first-order valence-electron chi connectivity index (χ1n) is 5.63. The lowest BCUT2D eigenvalue weighted by atomic mass is 10.1. The van der Waals surface area contributed by atoms with E-state index in [1.165, 1.54) is 0 Å². The third kappa shape index (κ3) is 2.19. The molecule has 0 bridgehead atoms. The molecule has 3 rings (SSSR count). The van der Waals surface area contributed by atoms with Crippen LogP contribution in [-0.2, 0) is 6.42 Å². The van der Waals surface area contributed by atoms with Gasteiger partial charge >= 0.3 is 0 Å². The van der Waals surface area contributed by atoms with Crippen LogP contribution in [-0.4, -0.2) is 20.2 Å². The molecule has 2 aromatic heterocycles. The van der Waals surface area contributed by atoms with Gasteiger partial charge in [0.05, 0.1) is 10.5 Å². The predicted octanol–water partition coefficient (Wildman–Crippen LogP) is 2.91. The number of hydrogen-bond acceptors (Lipinski definition) is 3. The number of nitrogens with zero attached hydrogens (tertiary/aromatic N) is 3. The summed E-state index contributed by atoms with van der Waals surface area (Å²) >= 11 is 5.94. The fourth-order valence-corrected chi connectivity index (χ4v) is 2.10. The molecule has 1 aromatic carbocycles. The molecule has 2 heterocycles. The van der Waals surface area contributed by atoms with Crippen molar-refractivity contribution in [2.75, 3.05) is 0 Å². The van der Waals surface area contributed by atoms with Crippen LogP contribution in [0.5, 0.6) is 0 Å². The van der Waals surface area contributed by atoms with Gasteiger partial charge in [-0.05, 0) is 30.7 Å². The number of aromatic amines is 1. The van der Waals surface area contributed by atoms with E-state index in [4.69, 9.17) is 11.6 Å². The van der Waals surface area contributed by atoms with Gasteiger partial charge in [-0.15, -0.1) is 10.2 Å². The number of pyridine rings is 1. The monoisotopic (exact) mass is 258 g/mol. The lowest BCUT2D eigenvalue weighted by Gasteiger charge is -2.02. The van der Waals surface area contributed by atoms with Crippen LogP contribution in [0.1, 0.15) is 17.2 Å². The van der Waals surface area contributed by atoms with Gasteiger partial charge in [0, 0.05) is 18.0 Å². The van der Waals surface area contributed by atoms with Crippen molar-refractivity contribution in [3.63, 3.8) is 0 Å². The molecule has 5 heteroatoms. The first-order valence-corrected chi connectivity index (χ1v) is 6.01. The lowest BCUT2D eigenvalue weighted by Crippen LogP contribution is -1.91. The molecule has 4 nitrogen and oxygen atoms in total. The zero-order valence-corrected chi connectivity index (χ0v) is 10.6. The molecule has 0 aliphatic heterocycles. The number of rotatable bonds is 2. The number of aryl methyl sites for hydroxylation is 1. The Morgan fingerprint density at radius 3 is 2.89 bits per heavy atom. The molecule has 3 aromatic rings. The van der Waals surface area contributed by atoms with Crippen molar-refractivity contribution >= 4 is 22.5 Å². The number of halogens is 1. The normalized spacial score (nSPS) is 11.0. The van der Waals surface area contributed by atoms with Crippen molar-refractivity contribution in [2.45, 2.75) is 13.3 Å². The number of hydrogen-bond donors (Lipinski definition) is 1. The maximum absolute atomic E-state index is 5.94. The Bertz CT molecular complexity index is 705. The Labute approximate surface area is 109 Å². The molecule has 0 spiro atoms. The second kappa shape index (κ2) is 4.38. The van der Waals surface area contributed by atoms with Gasteiger partial charge in [0.2, 0.25) is 0 Å². The van der Waals surface area contributed by atoms with E-state index in [0.29, 0.717) is 5.02 Å². The molecule has 0 saturated carbocycles. The Morgan fingerprint density at radius 2 is 2.11 bits per heavy atom. The quantitative estimate of drug-likeness (QED) is 0.769. The number of fused-ring (bicyclic) bond motifs is 1. The Morgan fingerprint density at radius 1 is 1.22 bits per heavy atom. The van der Waals surface area contributed by atoms with Crippen molar-refractivity contribution in [1.29, 1.82) is 0 Å². The summed E-state index contributed by atoms with van der Waals surface area (Å²) in [5, 5.41) is 9.70. The molecule has 0 saturated heterocycles. The highest BCUT2D eigenvalue weighted by molar-refractivity contribution is 6.31. The summed E-state index contributed by atoms with van der Waals surface area (Å²) in [6, 6.07) is 8.02. The van der Waals surface area contributed by atoms with E-state index in [1.54, 1.807) is 6.20 Å². The van der Waals surface area contributed by atoms with Gasteiger partial charge in [0.1, 0.15) is 11.6 Å². The van der Waals surface area contributed by atoms with E-state index in [2.05, 4.69) is 26.2 Å². The summed E-state index contributed by atoms with van der Waals surface area (Å²) < 4.78 is 0. The third-order valence-corrected chi connectivity index (χ3v) is 2.94. The van der Waals surface area contributed by atoms with E-state index >= 15 is 0 Å². The summed E-state index contributed by atoms with van der Waals surface area (Å²) in [5.41, 5.74) is 2.10. The molecule has 0 atom stereocenters. The second-order valence-electron chi connectivity index (χ2n) is 4.21. The molecule has 90 valence electrons. The number of H-pyrrole nitrogens is 1. The van der Waals surface area contributed by atoms with Crippen LogP contribution in [0.15, 0.2) is 30.5 Å². The maximum atomic E-state index is 5.94. The Kier molecular flexibility index (Phi) is 2.72. The highest BCUT2D eigenvalue weighted by Gasteiger charge is 2.03. The number of nitrogens with one attached hydrogen (secondary N) is 1. The van der Waals surface area contributed by atoms with Gasteiger partial charge in [-0.3, -0.25) is 4.98 Å². The molecule has 0 unspecified atom stereocenters. The van der Waals surface area contributed by atoms with Crippen molar-refractivity contribution in [1.82, 2.24) is 20.2 Å². The molecule has 1 N–H and O–H groups in total. The molecule has 0 radical (unpaired) electrons. The van der Waals surface area contributed by atoms with E-state index in [9.17, 15) is 0 Å². The average Bonchev–Trinajstić information content (AvgIpc) is 2.74. The van der Waals surface area contributed by atoms with Crippen molar-refractivity contribution < 1.29 is 0 Å². The van der Waals surface area contributed by atoms with Crippen LogP contribution in [0.25, 0.3) is 10.9 Å². The van der Waals surface area contributed by atoms with Gasteiger partial charge in [-0.25, -0.2) is 0 Å². The molecule has 0 amide bonds. The summed E-state index contributed by atoms with van der Waals surface area (Å²) in [6.45, 7) is 1.89. The van der Waals surface area contributed by atoms with Crippen molar-refractivity contribution in [3.8, 4) is 0 Å². The van der Waals surface area contributed by atoms with Crippen LogP contribution in [0.4, 0.5) is 0 Å². The van der Waals surface area contributed by atoms with E-state index < -0.39 is 0 Å². The standard InChI is InChI=1S/C13H11ClN4/c1-8-16-13(18-17-8)5-9-2-3-12-10(4-9)6-11(14)7-15-12/h2-4,6-7H,5H2,1H3,(H,16,17,18). The molecule has 0 aliphatic rings. The Balaban J connectivity index is 1.97. The second-order valence-corrected chi connectivity index (χ2v) is 4.65. The molecule has 18 heavy (non-hydrogen) atoms. The van der Waals surface area contributed by atoms with Crippen LogP contribution >= 0.6 is 11.6 Å². The summed E-state index contributed by atoms with van der Waals surface area (Å²) in [6.07, 6.45) is 2.38. The zero-order valence-electron chi connectivity index (χ0n) is 9.81. The fraction of sp³-hybridized carbons (Fsp3) is 0.154. The maximum Gasteiger partial charge on any atom is 0.134 e. The molecular formula is C13H11ClN4. The largest absolute Gasteiger partial charge is 0.329 e. The lowest BCUT2D eigenvalue weighted by molar-refractivity contribution is 0.970. The highest BCUT2D eigenvalue weighted by atomic mass is 35.5. The van der Waals surface area contributed by atoms with Crippen LogP contribution < -0.4 is 0 Å². The molecule has 0 aliphatic carbocycles. The summed E-state index contributed by atoms with van der Waals surface area (Å²) in [4.78, 5) is 7.39. The average molecular weight is 259 g/mol. The third-order valence-electron chi connectivity index (χ3n) is 2.73. The highest BCUT2D eigenvalue weighted by Crippen LogP contribution is 2.19. The van der Waals surface area contributed by atoms with Crippen LogP contribution in [0.2, 0.25) is 5.02 Å². The summed E-state index contributed by atoms with van der Waals surface area (Å²) in [7, 11) is 0.